The maximum atomic E-state index is 12.5. The lowest BCUT2D eigenvalue weighted by Gasteiger charge is -2.35. The largest absolute Gasteiger partial charge is 0.360 e. The third kappa shape index (κ3) is 3.85. The average Bonchev–Trinajstić information content (AvgIpc) is 2.44. The van der Waals surface area contributed by atoms with Gasteiger partial charge in [0.2, 0.25) is 5.91 Å². The minimum absolute atomic E-state index is 0.0870. The molecule has 0 aliphatic carbocycles. The molecule has 1 unspecified atom stereocenters. The van der Waals surface area contributed by atoms with Gasteiger partial charge >= 0.3 is 0 Å². The standard InChI is InChI=1S/C17H25N3O/c1-4-19(10-13(2)3)17(21)12-20-11-15(18)9-14-7-5-6-8-16(14)20/h5-8,15H,2,4,9-12,18H2,1,3H3. The van der Waals surface area contributed by atoms with Crippen LogP contribution in [0.2, 0.25) is 0 Å². The van der Waals surface area contributed by atoms with Crippen LogP contribution in [0.3, 0.4) is 0 Å². The molecule has 1 aromatic carbocycles. The van der Waals surface area contributed by atoms with Gasteiger partial charge in [-0.25, -0.2) is 0 Å². The number of benzene rings is 1. The van der Waals surface area contributed by atoms with Gasteiger partial charge in [-0.15, -0.1) is 0 Å². The first-order valence-corrected chi connectivity index (χ1v) is 7.51. The van der Waals surface area contributed by atoms with Crippen LogP contribution >= 0.6 is 0 Å². The highest BCUT2D eigenvalue weighted by Gasteiger charge is 2.24. The summed E-state index contributed by atoms with van der Waals surface area (Å²) in [5.41, 5.74) is 9.49. The van der Waals surface area contributed by atoms with E-state index >= 15 is 0 Å². The lowest BCUT2D eigenvalue weighted by molar-refractivity contribution is -0.129. The third-order valence-electron chi connectivity index (χ3n) is 3.79. The fraction of sp³-hybridized carbons (Fsp3) is 0.471. The van der Waals surface area contributed by atoms with Crippen molar-refractivity contribution >= 4 is 11.6 Å². The highest BCUT2D eigenvalue weighted by atomic mass is 16.2. The third-order valence-corrected chi connectivity index (χ3v) is 3.79. The molecule has 21 heavy (non-hydrogen) atoms. The Balaban J connectivity index is 2.12. The lowest BCUT2D eigenvalue weighted by atomic mass is 9.98. The Labute approximate surface area is 127 Å². The molecule has 1 aliphatic heterocycles. The fourth-order valence-corrected chi connectivity index (χ4v) is 2.84. The van der Waals surface area contributed by atoms with Crippen molar-refractivity contribution in [2.45, 2.75) is 26.3 Å². The summed E-state index contributed by atoms with van der Waals surface area (Å²) in [4.78, 5) is 16.4. The SMILES string of the molecule is C=C(C)CN(CC)C(=O)CN1CC(N)Cc2ccccc21. The number of nitrogens with two attached hydrogens (primary N) is 1. The van der Waals surface area contributed by atoms with Gasteiger partial charge in [0.25, 0.3) is 0 Å². The van der Waals surface area contributed by atoms with Gasteiger partial charge in [0.15, 0.2) is 0 Å². The summed E-state index contributed by atoms with van der Waals surface area (Å²) >= 11 is 0. The minimum atomic E-state index is 0.0870. The molecule has 1 amide bonds. The van der Waals surface area contributed by atoms with Gasteiger partial charge < -0.3 is 15.5 Å². The van der Waals surface area contributed by atoms with Crippen molar-refractivity contribution in [2.75, 3.05) is 31.1 Å². The van der Waals surface area contributed by atoms with Crippen molar-refractivity contribution in [3.8, 4) is 0 Å². The first-order chi connectivity index (χ1) is 10.0. The lowest BCUT2D eigenvalue weighted by Crippen LogP contribution is -2.48. The van der Waals surface area contributed by atoms with Crippen LogP contribution in [0.25, 0.3) is 0 Å². The maximum absolute atomic E-state index is 12.5. The molecule has 0 saturated heterocycles. The van der Waals surface area contributed by atoms with E-state index in [0.717, 1.165) is 24.2 Å². The Morgan fingerprint density at radius 1 is 1.48 bits per heavy atom. The summed E-state index contributed by atoms with van der Waals surface area (Å²) in [6.07, 6.45) is 0.879. The van der Waals surface area contributed by atoms with E-state index in [1.165, 1.54) is 5.56 Å². The topological polar surface area (TPSA) is 49.6 Å². The molecule has 0 saturated carbocycles. The number of hydrogen-bond acceptors (Lipinski definition) is 3. The van der Waals surface area contributed by atoms with Crippen LogP contribution < -0.4 is 10.6 Å². The van der Waals surface area contributed by atoms with Crippen molar-refractivity contribution in [1.82, 2.24) is 4.90 Å². The molecule has 0 fully saturated rings. The molecule has 1 heterocycles. The zero-order valence-electron chi connectivity index (χ0n) is 13.0. The summed E-state index contributed by atoms with van der Waals surface area (Å²) in [5.74, 6) is 0.129. The summed E-state index contributed by atoms with van der Waals surface area (Å²) in [5, 5.41) is 0. The summed E-state index contributed by atoms with van der Waals surface area (Å²) in [6.45, 7) is 10.3. The monoisotopic (exact) mass is 287 g/mol. The Kier molecular flexibility index (Phi) is 5.02. The molecule has 0 aromatic heterocycles. The van der Waals surface area contributed by atoms with Gasteiger partial charge in [0, 0.05) is 31.4 Å². The summed E-state index contributed by atoms with van der Waals surface area (Å²) in [6, 6.07) is 8.29. The molecule has 114 valence electrons. The Morgan fingerprint density at radius 3 is 2.86 bits per heavy atom. The highest BCUT2D eigenvalue weighted by Crippen LogP contribution is 2.26. The van der Waals surface area contributed by atoms with Crippen LogP contribution in [0.5, 0.6) is 0 Å². The zero-order valence-corrected chi connectivity index (χ0v) is 13.0. The minimum Gasteiger partial charge on any atom is -0.360 e. The number of anilines is 1. The first-order valence-electron chi connectivity index (χ1n) is 7.51. The summed E-state index contributed by atoms with van der Waals surface area (Å²) < 4.78 is 0. The van der Waals surface area contributed by atoms with Crippen LogP contribution in [-0.2, 0) is 11.2 Å². The van der Waals surface area contributed by atoms with E-state index in [-0.39, 0.29) is 11.9 Å². The number of carbonyl (C=O) groups excluding carboxylic acids is 1. The predicted octanol–water partition coefficient (Wildman–Crippen LogP) is 1.80. The van der Waals surface area contributed by atoms with Crippen molar-refractivity contribution in [1.29, 1.82) is 0 Å². The Bertz CT molecular complexity index is 527. The molecule has 1 aliphatic rings. The van der Waals surface area contributed by atoms with Crippen molar-refractivity contribution in [2.24, 2.45) is 5.73 Å². The molecule has 4 nitrogen and oxygen atoms in total. The van der Waals surface area contributed by atoms with Crippen LogP contribution in [0.15, 0.2) is 36.4 Å². The number of likely N-dealkylation sites (N-methyl/N-ethyl adjacent to an activating group) is 1. The van der Waals surface area contributed by atoms with Gasteiger partial charge in [-0.05, 0) is 31.9 Å². The fourth-order valence-electron chi connectivity index (χ4n) is 2.84. The van der Waals surface area contributed by atoms with Crippen LogP contribution in [0, 0.1) is 0 Å². The average molecular weight is 287 g/mol. The molecule has 1 atom stereocenters. The van der Waals surface area contributed by atoms with E-state index in [9.17, 15) is 4.79 Å². The van der Waals surface area contributed by atoms with E-state index in [2.05, 4.69) is 23.6 Å². The number of fused-ring (bicyclic) bond motifs is 1. The molecular weight excluding hydrogens is 262 g/mol. The number of para-hydroxylation sites is 1. The molecule has 0 bridgehead atoms. The van der Waals surface area contributed by atoms with Crippen molar-refractivity contribution < 1.29 is 4.79 Å². The summed E-state index contributed by atoms with van der Waals surface area (Å²) in [7, 11) is 0. The van der Waals surface area contributed by atoms with Gasteiger partial charge in [0.1, 0.15) is 0 Å². The first kappa shape index (κ1) is 15.6. The smallest absolute Gasteiger partial charge is 0.242 e. The molecule has 2 rings (SSSR count). The number of amides is 1. The zero-order chi connectivity index (χ0) is 15.4. The van der Waals surface area contributed by atoms with E-state index in [4.69, 9.17) is 5.73 Å². The second-order valence-corrected chi connectivity index (χ2v) is 5.84. The normalized spacial score (nSPS) is 17.3. The van der Waals surface area contributed by atoms with Gasteiger partial charge in [-0.2, -0.15) is 0 Å². The Hall–Kier alpha value is -1.81. The van der Waals surface area contributed by atoms with E-state index in [1.807, 2.05) is 30.9 Å². The maximum Gasteiger partial charge on any atom is 0.242 e. The Morgan fingerprint density at radius 2 is 2.19 bits per heavy atom. The number of carbonyl (C=O) groups is 1. The van der Waals surface area contributed by atoms with E-state index in [1.54, 1.807) is 0 Å². The van der Waals surface area contributed by atoms with Crippen LogP contribution in [-0.4, -0.2) is 43.0 Å². The quantitative estimate of drug-likeness (QED) is 0.840. The molecule has 2 N–H and O–H groups in total. The molecule has 0 radical (unpaired) electrons. The van der Waals surface area contributed by atoms with Crippen LogP contribution in [0.4, 0.5) is 5.69 Å². The van der Waals surface area contributed by atoms with Gasteiger partial charge in [-0.3, -0.25) is 4.79 Å². The number of nitrogens with zero attached hydrogens (tertiary/aromatic N) is 2. The highest BCUT2D eigenvalue weighted by molar-refractivity contribution is 5.82. The van der Waals surface area contributed by atoms with Gasteiger partial charge in [-0.1, -0.05) is 30.4 Å². The van der Waals surface area contributed by atoms with Gasteiger partial charge in [0.05, 0.1) is 6.54 Å². The van der Waals surface area contributed by atoms with E-state index in [0.29, 0.717) is 19.6 Å². The molecular formula is C17H25N3O. The molecule has 4 heteroatoms. The second-order valence-electron chi connectivity index (χ2n) is 5.84. The molecule has 0 spiro atoms. The number of rotatable bonds is 5. The van der Waals surface area contributed by atoms with Crippen molar-refractivity contribution in [3.63, 3.8) is 0 Å². The van der Waals surface area contributed by atoms with Crippen molar-refractivity contribution in [3.05, 3.63) is 42.0 Å². The second kappa shape index (κ2) is 6.76. The predicted molar refractivity (Wildman–Crippen MR) is 87.4 cm³/mol. The number of hydrogen-bond donors (Lipinski definition) is 1. The molecule has 1 aromatic rings. The van der Waals surface area contributed by atoms with E-state index < -0.39 is 0 Å². The van der Waals surface area contributed by atoms with Crippen LogP contribution in [0.1, 0.15) is 19.4 Å².